The average Bonchev–Trinajstić information content (AvgIpc) is 3.11. The van der Waals surface area contributed by atoms with E-state index in [9.17, 15) is 4.79 Å². The van der Waals surface area contributed by atoms with Crippen molar-refractivity contribution >= 4 is 33.3 Å². The van der Waals surface area contributed by atoms with Crippen LogP contribution >= 0.6 is 11.3 Å². The molecule has 0 radical (unpaired) electrons. The van der Waals surface area contributed by atoms with Crippen molar-refractivity contribution in [3.63, 3.8) is 0 Å². The third kappa shape index (κ3) is 2.09. The Morgan fingerprint density at radius 3 is 3.00 bits per heavy atom. The van der Waals surface area contributed by atoms with Crippen molar-refractivity contribution in [2.75, 3.05) is 18.0 Å². The highest BCUT2D eigenvalue weighted by molar-refractivity contribution is 7.19. The first kappa shape index (κ1) is 13.0. The summed E-state index contributed by atoms with van der Waals surface area (Å²) >= 11 is 1.81. The van der Waals surface area contributed by atoms with Crippen molar-refractivity contribution in [2.45, 2.75) is 32.1 Å². The minimum Gasteiger partial charge on any atom is -0.369 e. The Hall–Kier alpha value is -1.69. The minimum atomic E-state index is -0.199. The Morgan fingerprint density at radius 1 is 1.33 bits per heavy atom. The van der Waals surface area contributed by atoms with E-state index in [0.717, 1.165) is 30.0 Å². The molecule has 1 aliphatic heterocycles. The van der Waals surface area contributed by atoms with Crippen LogP contribution in [-0.4, -0.2) is 29.0 Å². The third-order valence-electron chi connectivity index (χ3n) is 4.62. The van der Waals surface area contributed by atoms with Crippen LogP contribution in [0.15, 0.2) is 6.33 Å². The van der Waals surface area contributed by atoms with E-state index < -0.39 is 0 Å². The number of aromatic nitrogens is 2. The lowest BCUT2D eigenvalue weighted by atomic mass is 9.97. The molecule has 2 aliphatic rings. The number of fused-ring (bicyclic) bond motifs is 3. The number of rotatable bonds is 2. The Labute approximate surface area is 127 Å². The first-order valence-corrected chi connectivity index (χ1v) is 8.35. The van der Waals surface area contributed by atoms with E-state index in [2.05, 4.69) is 14.9 Å². The standard InChI is InChI=1S/C15H18N4OS/c16-13(20)9-5-6-19(7-9)14-12-10-3-1-2-4-11(10)21-15(12)18-8-17-14/h8-9H,1-7H2,(H2,16,20). The number of hydrogen-bond donors (Lipinski definition) is 1. The van der Waals surface area contributed by atoms with Gasteiger partial charge in [0, 0.05) is 18.0 Å². The first-order valence-electron chi connectivity index (χ1n) is 7.53. The number of primary amides is 1. The molecule has 110 valence electrons. The van der Waals surface area contributed by atoms with Gasteiger partial charge in [0.05, 0.1) is 11.3 Å². The number of anilines is 1. The van der Waals surface area contributed by atoms with E-state index in [1.54, 1.807) is 6.33 Å². The highest BCUT2D eigenvalue weighted by Crippen LogP contribution is 2.40. The number of thiophene rings is 1. The van der Waals surface area contributed by atoms with Crippen LogP contribution in [0.1, 0.15) is 29.7 Å². The summed E-state index contributed by atoms with van der Waals surface area (Å²) in [6, 6.07) is 0. The summed E-state index contributed by atoms with van der Waals surface area (Å²) in [5.74, 6) is 0.753. The van der Waals surface area contributed by atoms with Crippen molar-refractivity contribution in [3.8, 4) is 0 Å². The van der Waals surface area contributed by atoms with Crippen LogP contribution in [-0.2, 0) is 17.6 Å². The van der Waals surface area contributed by atoms with Gasteiger partial charge in [-0.25, -0.2) is 9.97 Å². The molecule has 0 bridgehead atoms. The number of amides is 1. The number of nitrogens with zero attached hydrogens (tertiary/aromatic N) is 3. The van der Waals surface area contributed by atoms with Crippen molar-refractivity contribution < 1.29 is 4.79 Å². The highest BCUT2D eigenvalue weighted by Gasteiger charge is 2.30. The normalized spacial score (nSPS) is 21.7. The molecular formula is C15H18N4OS. The predicted octanol–water partition coefficient (Wildman–Crippen LogP) is 1.88. The van der Waals surface area contributed by atoms with Gasteiger partial charge in [0.15, 0.2) is 0 Å². The van der Waals surface area contributed by atoms with Crippen molar-refractivity contribution in [1.29, 1.82) is 0 Å². The Balaban J connectivity index is 1.79. The molecule has 1 aliphatic carbocycles. The monoisotopic (exact) mass is 302 g/mol. The summed E-state index contributed by atoms with van der Waals surface area (Å²) in [4.78, 5) is 25.2. The molecule has 2 N–H and O–H groups in total. The maximum absolute atomic E-state index is 11.4. The summed E-state index contributed by atoms with van der Waals surface area (Å²) in [7, 11) is 0. The average molecular weight is 302 g/mol. The molecule has 4 rings (SSSR count). The number of aryl methyl sites for hydroxylation is 2. The Bertz CT molecular complexity index is 711. The summed E-state index contributed by atoms with van der Waals surface area (Å²) in [6.07, 6.45) is 7.29. The Kier molecular flexibility index (Phi) is 3.06. The zero-order valence-electron chi connectivity index (χ0n) is 11.8. The number of hydrogen-bond acceptors (Lipinski definition) is 5. The molecule has 1 amide bonds. The lowest BCUT2D eigenvalue weighted by Gasteiger charge is -2.19. The fourth-order valence-electron chi connectivity index (χ4n) is 3.50. The predicted molar refractivity (Wildman–Crippen MR) is 83.6 cm³/mol. The SMILES string of the molecule is NC(=O)C1CCN(c2ncnc3sc4c(c23)CCCC4)C1. The maximum atomic E-state index is 11.4. The molecule has 1 fully saturated rings. The maximum Gasteiger partial charge on any atom is 0.222 e. The van der Waals surface area contributed by atoms with E-state index in [0.29, 0.717) is 6.54 Å². The van der Waals surface area contributed by atoms with Gasteiger partial charge in [-0.1, -0.05) is 0 Å². The molecule has 6 heteroatoms. The zero-order chi connectivity index (χ0) is 14.4. The largest absolute Gasteiger partial charge is 0.369 e. The van der Waals surface area contributed by atoms with Crippen molar-refractivity contribution in [1.82, 2.24) is 9.97 Å². The molecule has 0 aromatic carbocycles. The summed E-state index contributed by atoms with van der Waals surface area (Å²) < 4.78 is 0. The molecule has 2 aromatic heterocycles. The van der Waals surface area contributed by atoms with Gasteiger partial charge in [-0.3, -0.25) is 4.79 Å². The van der Waals surface area contributed by atoms with Crippen LogP contribution in [0.5, 0.6) is 0 Å². The molecule has 0 saturated carbocycles. The second-order valence-electron chi connectivity index (χ2n) is 5.92. The number of carbonyl (C=O) groups is 1. The van der Waals surface area contributed by atoms with E-state index in [1.165, 1.54) is 35.1 Å². The van der Waals surface area contributed by atoms with Gasteiger partial charge in [-0.15, -0.1) is 11.3 Å². The van der Waals surface area contributed by atoms with E-state index in [-0.39, 0.29) is 11.8 Å². The summed E-state index contributed by atoms with van der Waals surface area (Å²) in [6.45, 7) is 1.54. The minimum absolute atomic E-state index is 0.0514. The molecule has 5 nitrogen and oxygen atoms in total. The molecule has 1 atom stereocenters. The van der Waals surface area contributed by atoms with E-state index in [4.69, 9.17) is 5.73 Å². The van der Waals surface area contributed by atoms with Crippen LogP contribution in [0.3, 0.4) is 0 Å². The van der Waals surface area contributed by atoms with Gasteiger partial charge in [0.1, 0.15) is 17.0 Å². The molecule has 1 saturated heterocycles. The van der Waals surface area contributed by atoms with E-state index >= 15 is 0 Å². The smallest absolute Gasteiger partial charge is 0.222 e. The Morgan fingerprint density at radius 2 is 2.19 bits per heavy atom. The van der Waals surface area contributed by atoms with Gasteiger partial charge in [0.2, 0.25) is 5.91 Å². The van der Waals surface area contributed by atoms with Crippen LogP contribution < -0.4 is 10.6 Å². The van der Waals surface area contributed by atoms with Crippen LogP contribution in [0.4, 0.5) is 5.82 Å². The molecular weight excluding hydrogens is 284 g/mol. The molecule has 0 spiro atoms. The molecule has 3 heterocycles. The number of carbonyl (C=O) groups excluding carboxylic acids is 1. The van der Waals surface area contributed by atoms with Gasteiger partial charge in [-0.05, 0) is 37.7 Å². The fraction of sp³-hybridized carbons (Fsp3) is 0.533. The second kappa shape index (κ2) is 4.94. The summed E-state index contributed by atoms with van der Waals surface area (Å²) in [5, 5.41) is 1.22. The number of nitrogens with two attached hydrogens (primary N) is 1. The van der Waals surface area contributed by atoms with Crippen LogP contribution in [0.2, 0.25) is 0 Å². The highest BCUT2D eigenvalue weighted by atomic mass is 32.1. The van der Waals surface area contributed by atoms with E-state index in [1.807, 2.05) is 11.3 Å². The first-order chi connectivity index (χ1) is 10.2. The second-order valence-corrected chi connectivity index (χ2v) is 7.01. The van der Waals surface area contributed by atoms with Crippen molar-refractivity contribution in [3.05, 3.63) is 16.8 Å². The lowest BCUT2D eigenvalue weighted by Crippen LogP contribution is -2.27. The zero-order valence-corrected chi connectivity index (χ0v) is 12.7. The fourth-order valence-corrected chi connectivity index (χ4v) is 4.72. The van der Waals surface area contributed by atoms with Crippen LogP contribution in [0, 0.1) is 5.92 Å². The van der Waals surface area contributed by atoms with Gasteiger partial charge >= 0.3 is 0 Å². The van der Waals surface area contributed by atoms with Gasteiger partial charge in [0.25, 0.3) is 0 Å². The molecule has 2 aromatic rings. The topological polar surface area (TPSA) is 72.1 Å². The lowest BCUT2D eigenvalue weighted by molar-refractivity contribution is -0.121. The van der Waals surface area contributed by atoms with Gasteiger partial charge in [-0.2, -0.15) is 0 Å². The van der Waals surface area contributed by atoms with Crippen molar-refractivity contribution in [2.24, 2.45) is 11.7 Å². The molecule has 1 unspecified atom stereocenters. The van der Waals surface area contributed by atoms with Gasteiger partial charge < -0.3 is 10.6 Å². The summed E-state index contributed by atoms with van der Waals surface area (Å²) in [5.41, 5.74) is 6.89. The molecule has 21 heavy (non-hydrogen) atoms. The van der Waals surface area contributed by atoms with Crippen LogP contribution in [0.25, 0.3) is 10.2 Å². The quantitative estimate of drug-likeness (QED) is 0.919. The third-order valence-corrected chi connectivity index (χ3v) is 5.82.